The molecule has 144 valence electrons. The maximum atomic E-state index is 12.1. The van der Waals surface area contributed by atoms with Gasteiger partial charge in [0, 0.05) is 55.3 Å². The number of aromatic nitrogens is 3. The van der Waals surface area contributed by atoms with Crippen molar-refractivity contribution < 1.29 is 0 Å². The Morgan fingerprint density at radius 2 is 1.86 bits per heavy atom. The van der Waals surface area contributed by atoms with Gasteiger partial charge >= 0.3 is 0 Å². The molecule has 4 rings (SSSR count). The summed E-state index contributed by atoms with van der Waals surface area (Å²) in [6.45, 7) is 3.19. The van der Waals surface area contributed by atoms with Crippen molar-refractivity contribution in [2.24, 2.45) is 0 Å². The van der Waals surface area contributed by atoms with Crippen LogP contribution in [0, 0.1) is 0 Å². The highest BCUT2D eigenvalue weighted by Crippen LogP contribution is 2.21. The van der Waals surface area contributed by atoms with Crippen LogP contribution >= 0.6 is 0 Å². The van der Waals surface area contributed by atoms with E-state index in [2.05, 4.69) is 51.0 Å². The van der Waals surface area contributed by atoms with Crippen LogP contribution in [0.3, 0.4) is 0 Å². The minimum absolute atomic E-state index is 0.160. The van der Waals surface area contributed by atoms with Gasteiger partial charge in [0.15, 0.2) is 0 Å². The lowest BCUT2D eigenvalue weighted by atomic mass is 10.1. The van der Waals surface area contributed by atoms with Crippen molar-refractivity contribution in [1.82, 2.24) is 24.8 Å². The molecule has 3 aromatic rings. The third-order valence-electron chi connectivity index (χ3n) is 5.33. The zero-order valence-corrected chi connectivity index (χ0v) is 16.3. The van der Waals surface area contributed by atoms with E-state index in [4.69, 9.17) is 0 Å². The average molecular weight is 375 g/mol. The van der Waals surface area contributed by atoms with E-state index in [1.165, 1.54) is 18.1 Å². The van der Waals surface area contributed by atoms with Gasteiger partial charge in [0.1, 0.15) is 5.82 Å². The molecule has 0 amide bonds. The summed E-state index contributed by atoms with van der Waals surface area (Å²) in [5.74, 6) is 0.583. The predicted molar refractivity (Wildman–Crippen MR) is 111 cm³/mol. The van der Waals surface area contributed by atoms with E-state index >= 15 is 0 Å². The van der Waals surface area contributed by atoms with Crippen LogP contribution in [0.1, 0.15) is 12.0 Å². The third-order valence-corrected chi connectivity index (χ3v) is 5.33. The molecule has 0 bridgehead atoms. The van der Waals surface area contributed by atoms with Crippen LogP contribution in [0.4, 0.5) is 0 Å². The van der Waals surface area contributed by atoms with Gasteiger partial charge in [-0.05, 0) is 38.2 Å². The molecule has 1 aliphatic heterocycles. The van der Waals surface area contributed by atoms with E-state index in [1.54, 1.807) is 12.4 Å². The number of hydrogen-bond acceptors (Lipinski definition) is 5. The van der Waals surface area contributed by atoms with Gasteiger partial charge in [-0.1, -0.05) is 24.3 Å². The summed E-state index contributed by atoms with van der Waals surface area (Å²) in [5.41, 5.74) is 3.55. The van der Waals surface area contributed by atoms with Crippen molar-refractivity contribution in [2.75, 3.05) is 27.2 Å². The number of nitrogens with one attached hydrogen (secondary N) is 1. The molecule has 1 atom stereocenters. The number of pyridine rings is 1. The summed E-state index contributed by atoms with van der Waals surface area (Å²) >= 11 is 0. The fourth-order valence-corrected chi connectivity index (χ4v) is 3.67. The molecule has 1 aromatic carbocycles. The van der Waals surface area contributed by atoms with Crippen LogP contribution in [-0.4, -0.2) is 58.0 Å². The first kappa shape index (κ1) is 18.5. The monoisotopic (exact) mass is 375 g/mol. The van der Waals surface area contributed by atoms with Crippen LogP contribution < -0.4 is 5.56 Å². The van der Waals surface area contributed by atoms with Gasteiger partial charge in [-0.2, -0.15) is 0 Å². The number of aromatic amines is 1. The normalized spacial score (nSPS) is 17.3. The zero-order chi connectivity index (χ0) is 19.5. The van der Waals surface area contributed by atoms with Crippen LogP contribution in [-0.2, 0) is 6.54 Å². The second-order valence-electron chi connectivity index (χ2n) is 7.55. The fraction of sp³-hybridized carbons (Fsp3) is 0.318. The largest absolute Gasteiger partial charge is 0.306 e. The Morgan fingerprint density at radius 1 is 1.11 bits per heavy atom. The molecule has 28 heavy (non-hydrogen) atoms. The van der Waals surface area contributed by atoms with Crippen LogP contribution in [0.25, 0.3) is 22.6 Å². The summed E-state index contributed by atoms with van der Waals surface area (Å²) in [7, 11) is 4.30. The highest BCUT2D eigenvalue weighted by atomic mass is 16.1. The molecule has 0 spiro atoms. The third kappa shape index (κ3) is 4.18. The number of likely N-dealkylation sites (N-methyl/N-ethyl adjacent to an activating group) is 1. The van der Waals surface area contributed by atoms with E-state index < -0.39 is 0 Å². The van der Waals surface area contributed by atoms with Gasteiger partial charge in [-0.15, -0.1) is 0 Å². The van der Waals surface area contributed by atoms with E-state index in [9.17, 15) is 4.79 Å². The quantitative estimate of drug-likeness (QED) is 0.743. The summed E-state index contributed by atoms with van der Waals surface area (Å²) in [4.78, 5) is 28.4. The number of benzene rings is 1. The lowest BCUT2D eigenvalue weighted by Crippen LogP contribution is -2.31. The topological polar surface area (TPSA) is 65.1 Å². The van der Waals surface area contributed by atoms with Crippen molar-refractivity contribution in [3.05, 3.63) is 70.8 Å². The molecule has 2 aromatic heterocycles. The first-order chi connectivity index (χ1) is 13.6. The standard InChI is InChI=1S/C22H25N5O/c1-26(2)19-9-12-27(15-19)14-16-3-5-18(6-4-16)22-24-20(13-21(28)25-22)17-7-10-23-11-8-17/h3-8,10-11,13,19H,9,12,14-15H2,1-2H3,(H,24,25,28)/t19-/m0/s1. The molecule has 6 nitrogen and oxygen atoms in total. The van der Waals surface area contributed by atoms with E-state index in [-0.39, 0.29) is 5.56 Å². The Morgan fingerprint density at radius 3 is 2.54 bits per heavy atom. The van der Waals surface area contributed by atoms with Crippen molar-refractivity contribution in [3.63, 3.8) is 0 Å². The van der Waals surface area contributed by atoms with Gasteiger partial charge in [-0.25, -0.2) is 4.98 Å². The molecule has 1 saturated heterocycles. The highest BCUT2D eigenvalue weighted by molar-refractivity contribution is 5.63. The summed E-state index contributed by atoms with van der Waals surface area (Å²) in [5, 5.41) is 0. The molecule has 0 radical (unpaired) electrons. The number of likely N-dealkylation sites (tertiary alicyclic amines) is 1. The lowest BCUT2D eigenvalue weighted by molar-refractivity contribution is 0.264. The Kier molecular flexibility index (Phi) is 5.32. The molecule has 0 saturated carbocycles. The number of nitrogens with zero attached hydrogens (tertiary/aromatic N) is 4. The fourth-order valence-electron chi connectivity index (χ4n) is 3.67. The van der Waals surface area contributed by atoms with Gasteiger partial charge in [-0.3, -0.25) is 14.7 Å². The number of hydrogen-bond donors (Lipinski definition) is 1. The summed E-state index contributed by atoms with van der Waals surface area (Å²) in [6, 6.07) is 14.2. The summed E-state index contributed by atoms with van der Waals surface area (Å²) in [6.07, 6.45) is 4.62. The predicted octanol–water partition coefficient (Wildman–Crippen LogP) is 2.63. The van der Waals surface area contributed by atoms with Crippen molar-refractivity contribution >= 4 is 0 Å². The Labute approximate surface area is 164 Å². The molecule has 1 fully saturated rings. The second kappa shape index (κ2) is 8.04. The van der Waals surface area contributed by atoms with Crippen LogP contribution in [0.2, 0.25) is 0 Å². The maximum Gasteiger partial charge on any atom is 0.251 e. The molecule has 1 N–H and O–H groups in total. The molecule has 3 heterocycles. The van der Waals surface area contributed by atoms with E-state index in [0.717, 1.165) is 30.8 Å². The van der Waals surface area contributed by atoms with Gasteiger partial charge < -0.3 is 9.88 Å². The first-order valence-electron chi connectivity index (χ1n) is 9.58. The maximum absolute atomic E-state index is 12.1. The van der Waals surface area contributed by atoms with Gasteiger partial charge in [0.05, 0.1) is 5.69 Å². The first-order valence-corrected chi connectivity index (χ1v) is 9.58. The zero-order valence-electron chi connectivity index (χ0n) is 16.3. The molecule has 0 aliphatic carbocycles. The second-order valence-corrected chi connectivity index (χ2v) is 7.55. The molecular weight excluding hydrogens is 350 g/mol. The minimum Gasteiger partial charge on any atom is -0.306 e. The molecule has 1 aliphatic rings. The Bertz CT molecular complexity index is 982. The SMILES string of the molecule is CN(C)[C@H]1CCN(Cc2ccc(-c3nc(-c4ccncc4)cc(=O)[nH]3)cc2)C1. The number of H-pyrrole nitrogens is 1. The van der Waals surface area contributed by atoms with Gasteiger partial charge in [0.2, 0.25) is 0 Å². The number of rotatable bonds is 5. The van der Waals surface area contributed by atoms with E-state index in [1.807, 2.05) is 24.3 Å². The Hall–Kier alpha value is -2.83. The lowest BCUT2D eigenvalue weighted by Gasteiger charge is -2.20. The van der Waals surface area contributed by atoms with E-state index in [0.29, 0.717) is 17.6 Å². The van der Waals surface area contributed by atoms with Gasteiger partial charge in [0.25, 0.3) is 5.56 Å². The van der Waals surface area contributed by atoms with Crippen molar-refractivity contribution in [2.45, 2.75) is 19.0 Å². The minimum atomic E-state index is -0.160. The van der Waals surface area contributed by atoms with Crippen molar-refractivity contribution in [1.29, 1.82) is 0 Å². The van der Waals surface area contributed by atoms with Crippen LogP contribution in [0.15, 0.2) is 59.7 Å². The molecular formula is C22H25N5O. The smallest absolute Gasteiger partial charge is 0.251 e. The van der Waals surface area contributed by atoms with Crippen molar-refractivity contribution in [3.8, 4) is 22.6 Å². The average Bonchev–Trinajstić information content (AvgIpc) is 3.18. The van der Waals surface area contributed by atoms with Crippen LogP contribution in [0.5, 0.6) is 0 Å². The molecule has 6 heteroatoms. The molecule has 0 unspecified atom stereocenters. The summed E-state index contributed by atoms with van der Waals surface area (Å²) < 4.78 is 0. The highest BCUT2D eigenvalue weighted by Gasteiger charge is 2.23. The Balaban J connectivity index is 1.51.